The minimum Gasteiger partial charge on any atom is -0.467 e. The summed E-state index contributed by atoms with van der Waals surface area (Å²) in [5.74, 6) is 0.321. The number of hydrogen-bond acceptors (Lipinski definition) is 4. The van der Waals surface area contributed by atoms with Gasteiger partial charge in [-0.3, -0.25) is 4.79 Å². The van der Waals surface area contributed by atoms with Crippen LogP contribution in [0.15, 0.2) is 16.5 Å². The molecule has 5 nitrogen and oxygen atoms in total. The molecular formula is C14H19NO4. The number of carbonyl (C=O) groups excluding carboxylic acids is 2. The molecule has 1 heterocycles. The van der Waals surface area contributed by atoms with E-state index in [1.807, 2.05) is 0 Å². The highest BCUT2D eigenvalue weighted by molar-refractivity contribution is 5.94. The Kier molecular flexibility index (Phi) is 3.93. The molecule has 1 atom stereocenters. The van der Waals surface area contributed by atoms with Crippen molar-refractivity contribution in [1.82, 2.24) is 4.90 Å². The van der Waals surface area contributed by atoms with Gasteiger partial charge in [-0.25, -0.2) is 4.79 Å². The number of esters is 1. The van der Waals surface area contributed by atoms with E-state index in [4.69, 9.17) is 9.15 Å². The van der Waals surface area contributed by atoms with Crippen LogP contribution in [0.2, 0.25) is 0 Å². The summed E-state index contributed by atoms with van der Waals surface area (Å²) in [6.07, 6.45) is 2.93. The summed E-state index contributed by atoms with van der Waals surface area (Å²) in [6.45, 7) is 3.48. The number of ether oxygens (including phenoxy) is 1. The Bertz CT molecular complexity index is 476. The summed E-state index contributed by atoms with van der Waals surface area (Å²) in [6, 6.07) is 2.91. The monoisotopic (exact) mass is 265 g/mol. The fourth-order valence-electron chi connectivity index (χ4n) is 2.28. The van der Waals surface area contributed by atoms with E-state index in [1.54, 1.807) is 30.9 Å². The molecule has 1 saturated carbocycles. The van der Waals surface area contributed by atoms with Crippen LogP contribution in [-0.2, 0) is 9.53 Å². The molecule has 0 saturated heterocycles. The Balaban J connectivity index is 2.22. The molecule has 1 aromatic rings. The van der Waals surface area contributed by atoms with E-state index in [-0.39, 0.29) is 17.7 Å². The third kappa shape index (κ3) is 2.64. The number of hydrogen-bond donors (Lipinski definition) is 0. The van der Waals surface area contributed by atoms with Crippen molar-refractivity contribution in [2.45, 2.75) is 45.2 Å². The Labute approximate surface area is 112 Å². The van der Waals surface area contributed by atoms with Crippen molar-refractivity contribution in [1.29, 1.82) is 0 Å². The van der Waals surface area contributed by atoms with Gasteiger partial charge in [-0.1, -0.05) is 0 Å². The normalized spacial score (nSPS) is 16.6. The van der Waals surface area contributed by atoms with E-state index in [0.717, 1.165) is 19.3 Å². The number of amides is 1. The molecule has 1 unspecified atom stereocenters. The SMILES string of the molecule is COC(=O)C(C)N(C(=O)c1ccc(C)o1)C1CCC1. The van der Waals surface area contributed by atoms with Crippen LogP contribution >= 0.6 is 0 Å². The van der Waals surface area contributed by atoms with E-state index in [2.05, 4.69) is 0 Å². The van der Waals surface area contributed by atoms with Crippen LogP contribution in [-0.4, -0.2) is 36.0 Å². The van der Waals surface area contributed by atoms with Gasteiger partial charge < -0.3 is 14.1 Å². The van der Waals surface area contributed by atoms with Crippen LogP contribution in [0.25, 0.3) is 0 Å². The van der Waals surface area contributed by atoms with Crippen LogP contribution < -0.4 is 0 Å². The lowest BCUT2D eigenvalue weighted by Gasteiger charge is -2.39. The fraction of sp³-hybridized carbons (Fsp3) is 0.571. The third-order valence-electron chi connectivity index (χ3n) is 3.61. The van der Waals surface area contributed by atoms with Crippen molar-refractivity contribution in [3.05, 3.63) is 23.7 Å². The van der Waals surface area contributed by atoms with Crippen LogP contribution in [0.4, 0.5) is 0 Å². The highest BCUT2D eigenvalue weighted by Gasteiger charge is 2.37. The van der Waals surface area contributed by atoms with Crippen molar-refractivity contribution in [2.75, 3.05) is 7.11 Å². The van der Waals surface area contributed by atoms with Gasteiger partial charge in [0, 0.05) is 6.04 Å². The average Bonchev–Trinajstić information content (AvgIpc) is 2.77. The number of aryl methyl sites for hydroxylation is 1. The van der Waals surface area contributed by atoms with E-state index in [9.17, 15) is 9.59 Å². The molecular weight excluding hydrogens is 246 g/mol. The second kappa shape index (κ2) is 5.47. The molecule has 1 aliphatic carbocycles. The summed E-state index contributed by atoms with van der Waals surface area (Å²) >= 11 is 0. The van der Waals surface area contributed by atoms with Gasteiger partial charge in [0.05, 0.1) is 7.11 Å². The van der Waals surface area contributed by atoms with Crippen molar-refractivity contribution in [2.24, 2.45) is 0 Å². The van der Waals surface area contributed by atoms with E-state index in [0.29, 0.717) is 5.76 Å². The number of methoxy groups -OCH3 is 1. The number of furan rings is 1. The fourth-order valence-corrected chi connectivity index (χ4v) is 2.28. The van der Waals surface area contributed by atoms with E-state index in [1.165, 1.54) is 7.11 Å². The van der Waals surface area contributed by atoms with Crippen LogP contribution in [0, 0.1) is 6.92 Å². The van der Waals surface area contributed by atoms with Crippen LogP contribution in [0.3, 0.4) is 0 Å². The highest BCUT2D eigenvalue weighted by Crippen LogP contribution is 2.28. The van der Waals surface area contributed by atoms with E-state index >= 15 is 0 Å². The zero-order chi connectivity index (χ0) is 14.0. The Morgan fingerprint density at radius 2 is 2.11 bits per heavy atom. The standard InChI is InChI=1S/C14H19NO4/c1-9-7-8-12(19-9)13(16)15(11-5-4-6-11)10(2)14(17)18-3/h7-8,10-11H,4-6H2,1-3H3. The lowest BCUT2D eigenvalue weighted by Crippen LogP contribution is -2.52. The molecule has 1 fully saturated rings. The molecule has 104 valence electrons. The maximum absolute atomic E-state index is 12.5. The van der Waals surface area contributed by atoms with Gasteiger partial charge in [0.25, 0.3) is 5.91 Å². The first-order chi connectivity index (χ1) is 9.04. The Hall–Kier alpha value is -1.78. The molecule has 0 aromatic carbocycles. The van der Waals surface area contributed by atoms with Crippen molar-refractivity contribution < 1.29 is 18.7 Å². The summed E-state index contributed by atoms with van der Waals surface area (Å²) in [4.78, 5) is 25.8. The number of nitrogens with zero attached hydrogens (tertiary/aromatic N) is 1. The molecule has 2 rings (SSSR count). The van der Waals surface area contributed by atoms with Gasteiger partial charge in [0.2, 0.25) is 0 Å². The van der Waals surface area contributed by atoms with Gasteiger partial charge in [-0.05, 0) is 45.2 Å². The zero-order valence-corrected chi connectivity index (χ0v) is 11.5. The molecule has 0 aliphatic heterocycles. The van der Waals surface area contributed by atoms with Crippen molar-refractivity contribution >= 4 is 11.9 Å². The number of carbonyl (C=O) groups is 2. The van der Waals surface area contributed by atoms with Gasteiger partial charge in [0.15, 0.2) is 5.76 Å². The molecule has 19 heavy (non-hydrogen) atoms. The topological polar surface area (TPSA) is 59.8 Å². The minimum absolute atomic E-state index is 0.104. The van der Waals surface area contributed by atoms with Crippen LogP contribution in [0.1, 0.15) is 42.5 Å². The molecule has 1 amide bonds. The first kappa shape index (κ1) is 13.6. The zero-order valence-electron chi connectivity index (χ0n) is 11.5. The second-order valence-corrected chi connectivity index (χ2v) is 4.91. The average molecular weight is 265 g/mol. The molecule has 0 bridgehead atoms. The maximum Gasteiger partial charge on any atom is 0.328 e. The molecule has 1 aromatic heterocycles. The Morgan fingerprint density at radius 3 is 2.53 bits per heavy atom. The van der Waals surface area contributed by atoms with Crippen molar-refractivity contribution in [3.8, 4) is 0 Å². The highest BCUT2D eigenvalue weighted by atomic mass is 16.5. The third-order valence-corrected chi connectivity index (χ3v) is 3.61. The summed E-state index contributed by atoms with van der Waals surface area (Å²) in [7, 11) is 1.33. The Morgan fingerprint density at radius 1 is 1.42 bits per heavy atom. The predicted molar refractivity (Wildman–Crippen MR) is 68.7 cm³/mol. The van der Waals surface area contributed by atoms with Gasteiger partial charge in [-0.15, -0.1) is 0 Å². The minimum atomic E-state index is -0.590. The van der Waals surface area contributed by atoms with E-state index < -0.39 is 12.0 Å². The molecule has 5 heteroatoms. The van der Waals surface area contributed by atoms with Gasteiger partial charge in [-0.2, -0.15) is 0 Å². The van der Waals surface area contributed by atoms with Gasteiger partial charge >= 0.3 is 5.97 Å². The number of rotatable bonds is 4. The molecule has 0 radical (unpaired) electrons. The molecule has 1 aliphatic rings. The second-order valence-electron chi connectivity index (χ2n) is 4.91. The lowest BCUT2D eigenvalue weighted by molar-refractivity contribution is -0.146. The lowest BCUT2D eigenvalue weighted by atomic mass is 9.90. The first-order valence-corrected chi connectivity index (χ1v) is 6.51. The van der Waals surface area contributed by atoms with Crippen LogP contribution in [0.5, 0.6) is 0 Å². The quantitative estimate of drug-likeness (QED) is 0.783. The molecule has 0 N–H and O–H groups in total. The largest absolute Gasteiger partial charge is 0.467 e. The maximum atomic E-state index is 12.5. The predicted octanol–water partition coefficient (Wildman–Crippen LogP) is 2.14. The first-order valence-electron chi connectivity index (χ1n) is 6.51. The summed E-state index contributed by atoms with van der Waals surface area (Å²) < 4.78 is 10.1. The molecule has 0 spiro atoms. The summed E-state index contributed by atoms with van der Waals surface area (Å²) in [5, 5.41) is 0. The smallest absolute Gasteiger partial charge is 0.328 e. The van der Waals surface area contributed by atoms with Gasteiger partial charge in [0.1, 0.15) is 11.8 Å². The summed E-state index contributed by atoms with van der Waals surface area (Å²) in [5.41, 5.74) is 0. The van der Waals surface area contributed by atoms with Crippen molar-refractivity contribution in [3.63, 3.8) is 0 Å².